The van der Waals surface area contributed by atoms with Gasteiger partial charge in [-0.2, -0.15) is 0 Å². The number of benzene rings is 1. The highest BCUT2D eigenvalue weighted by molar-refractivity contribution is 5.47. The van der Waals surface area contributed by atoms with Crippen LogP contribution < -0.4 is 10.2 Å². The molecule has 0 aromatic heterocycles. The summed E-state index contributed by atoms with van der Waals surface area (Å²) >= 11 is 0. The Kier molecular flexibility index (Phi) is 9.06. The van der Waals surface area contributed by atoms with Gasteiger partial charge in [0.2, 0.25) is 0 Å². The number of methoxy groups -OCH3 is 1. The molecule has 0 fully saturated rings. The summed E-state index contributed by atoms with van der Waals surface area (Å²) in [6.45, 7) is 8.07. The number of anilines is 1. The van der Waals surface area contributed by atoms with Crippen molar-refractivity contribution in [2.24, 2.45) is 0 Å². The Morgan fingerprint density at radius 1 is 1.10 bits per heavy atom. The van der Waals surface area contributed by atoms with Gasteiger partial charge in [0.05, 0.1) is 6.61 Å². The lowest BCUT2D eigenvalue weighted by Crippen LogP contribution is -2.27. The van der Waals surface area contributed by atoms with E-state index in [2.05, 4.69) is 60.4 Å². The molecule has 1 aromatic rings. The van der Waals surface area contributed by atoms with Crippen LogP contribution in [0.25, 0.3) is 0 Å². The van der Waals surface area contributed by atoms with E-state index in [0.717, 1.165) is 39.3 Å². The van der Waals surface area contributed by atoms with Crippen LogP contribution in [0.1, 0.15) is 18.9 Å². The van der Waals surface area contributed by atoms with Crippen LogP contribution >= 0.6 is 0 Å². The summed E-state index contributed by atoms with van der Waals surface area (Å²) in [6, 6.07) is 8.88. The maximum atomic E-state index is 5.03. The molecular weight excluding hydrogens is 262 g/mol. The van der Waals surface area contributed by atoms with Gasteiger partial charge >= 0.3 is 0 Å². The Balaban J connectivity index is 2.42. The van der Waals surface area contributed by atoms with Crippen molar-refractivity contribution in [3.63, 3.8) is 0 Å². The predicted octanol–water partition coefficient (Wildman–Crippen LogP) is 2.20. The Morgan fingerprint density at radius 2 is 1.81 bits per heavy atom. The lowest BCUT2D eigenvalue weighted by molar-refractivity contribution is 0.199. The first kappa shape index (κ1) is 18.0. The summed E-state index contributed by atoms with van der Waals surface area (Å²) in [7, 11) is 5.98. The van der Waals surface area contributed by atoms with Gasteiger partial charge < -0.3 is 19.9 Å². The quantitative estimate of drug-likeness (QED) is 0.633. The second-order valence-electron chi connectivity index (χ2n) is 5.57. The molecule has 0 unspecified atom stereocenters. The third-order valence-electron chi connectivity index (χ3n) is 3.53. The first-order valence-electron chi connectivity index (χ1n) is 7.85. The second kappa shape index (κ2) is 10.6. The Hall–Kier alpha value is -1.10. The minimum atomic E-state index is 0.758. The van der Waals surface area contributed by atoms with E-state index in [1.165, 1.54) is 17.7 Å². The maximum absolute atomic E-state index is 5.03. The molecule has 0 aliphatic rings. The first-order chi connectivity index (χ1) is 10.2. The van der Waals surface area contributed by atoms with Gasteiger partial charge in [0.25, 0.3) is 0 Å². The maximum Gasteiger partial charge on any atom is 0.0587 e. The fourth-order valence-electron chi connectivity index (χ4n) is 2.28. The van der Waals surface area contributed by atoms with Crippen molar-refractivity contribution in [1.29, 1.82) is 0 Å². The number of rotatable bonds is 11. The van der Waals surface area contributed by atoms with Crippen LogP contribution in [-0.4, -0.2) is 58.9 Å². The number of hydrogen-bond donors (Lipinski definition) is 1. The van der Waals surface area contributed by atoms with Crippen LogP contribution in [0, 0.1) is 0 Å². The van der Waals surface area contributed by atoms with Gasteiger partial charge in [-0.1, -0.05) is 12.1 Å². The minimum Gasteiger partial charge on any atom is -0.383 e. The molecule has 0 radical (unpaired) electrons. The van der Waals surface area contributed by atoms with Crippen molar-refractivity contribution < 1.29 is 4.74 Å². The van der Waals surface area contributed by atoms with Crippen molar-refractivity contribution in [3.05, 3.63) is 29.8 Å². The van der Waals surface area contributed by atoms with E-state index in [0.29, 0.717) is 0 Å². The highest BCUT2D eigenvalue weighted by atomic mass is 16.5. The standard InChI is InChI=1S/C17H31N3O/c1-5-20(13-6-12-19(2)3)17-9-7-16(8-10-17)15-18-11-14-21-4/h7-10,18H,5-6,11-15H2,1-4H3. The zero-order chi connectivity index (χ0) is 15.5. The largest absolute Gasteiger partial charge is 0.383 e. The van der Waals surface area contributed by atoms with Gasteiger partial charge in [0.15, 0.2) is 0 Å². The Bertz CT molecular complexity index is 365. The zero-order valence-electron chi connectivity index (χ0n) is 14.1. The van der Waals surface area contributed by atoms with Gasteiger partial charge in [0.1, 0.15) is 0 Å². The van der Waals surface area contributed by atoms with E-state index in [-0.39, 0.29) is 0 Å². The molecule has 4 heteroatoms. The third kappa shape index (κ3) is 7.46. The van der Waals surface area contributed by atoms with Gasteiger partial charge in [-0.05, 0) is 51.7 Å². The zero-order valence-corrected chi connectivity index (χ0v) is 14.1. The van der Waals surface area contributed by atoms with E-state index >= 15 is 0 Å². The number of ether oxygens (including phenoxy) is 1. The SMILES string of the molecule is CCN(CCCN(C)C)c1ccc(CNCCOC)cc1. The molecule has 0 aliphatic carbocycles. The van der Waals surface area contributed by atoms with Gasteiger partial charge in [-0.15, -0.1) is 0 Å². The van der Waals surface area contributed by atoms with E-state index in [1.807, 2.05) is 0 Å². The molecule has 21 heavy (non-hydrogen) atoms. The summed E-state index contributed by atoms with van der Waals surface area (Å²) in [4.78, 5) is 4.67. The van der Waals surface area contributed by atoms with E-state index in [4.69, 9.17) is 4.74 Å². The van der Waals surface area contributed by atoms with Crippen molar-refractivity contribution >= 4 is 5.69 Å². The molecule has 0 saturated carbocycles. The molecule has 0 atom stereocenters. The molecule has 0 amide bonds. The fourth-order valence-corrected chi connectivity index (χ4v) is 2.28. The summed E-state index contributed by atoms with van der Waals surface area (Å²) in [5.41, 5.74) is 2.64. The van der Waals surface area contributed by atoms with Gasteiger partial charge in [-0.25, -0.2) is 0 Å². The lowest BCUT2D eigenvalue weighted by atomic mass is 10.2. The van der Waals surface area contributed by atoms with E-state index in [9.17, 15) is 0 Å². The smallest absolute Gasteiger partial charge is 0.0587 e. The average Bonchev–Trinajstić information content (AvgIpc) is 2.49. The molecule has 0 saturated heterocycles. The minimum absolute atomic E-state index is 0.758. The highest BCUT2D eigenvalue weighted by Gasteiger charge is 2.04. The summed E-state index contributed by atoms with van der Waals surface area (Å²) in [6.07, 6.45) is 1.20. The molecule has 4 nitrogen and oxygen atoms in total. The van der Waals surface area contributed by atoms with Crippen LogP contribution in [0.15, 0.2) is 24.3 Å². The first-order valence-corrected chi connectivity index (χ1v) is 7.85. The number of hydrogen-bond acceptors (Lipinski definition) is 4. The van der Waals surface area contributed by atoms with Crippen molar-refractivity contribution in [3.8, 4) is 0 Å². The van der Waals surface area contributed by atoms with Crippen LogP contribution in [0.5, 0.6) is 0 Å². The molecule has 1 N–H and O–H groups in total. The van der Waals surface area contributed by atoms with E-state index in [1.54, 1.807) is 7.11 Å². The monoisotopic (exact) mass is 293 g/mol. The Labute approximate surface area is 130 Å². The molecule has 1 aromatic carbocycles. The van der Waals surface area contributed by atoms with Crippen molar-refractivity contribution in [2.45, 2.75) is 19.9 Å². The Morgan fingerprint density at radius 3 is 2.38 bits per heavy atom. The van der Waals surface area contributed by atoms with Crippen LogP contribution in [0.2, 0.25) is 0 Å². The fraction of sp³-hybridized carbons (Fsp3) is 0.647. The van der Waals surface area contributed by atoms with Crippen LogP contribution in [0.4, 0.5) is 5.69 Å². The molecular formula is C17H31N3O. The summed E-state index contributed by atoms with van der Waals surface area (Å²) in [5.74, 6) is 0. The highest BCUT2D eigenvalue weighted by Crippen LogP contribution is 2.15. The summed E-state index contributed by atoms with van der Waals surface area (Å²) < 4.78 is 5.03. The van der Waals surface area contributed by atoms with Gasteiger partial charge in [-0.3, -0.25) is 0 Å². The van der Waals surface area contributed by atoms with Crippen molar-refractivity contribution in [2.75, 3.05) is 58.9 Å². The number of nitrogens with zero attached hydrogens (tertiary/aromatic N) is 2. The molecule has 1 rings (SSSR count). The number of nitrogens with one attached hydrogen (secondary N) is 1. The van der Waals surface area contributed by atoms with Gasteiger partial charge in [0, 0.05) is 39.0 Å². The van der Waals surface area contributed by atoms with Crippen LogP contribution in [0.3, 0.4) is 0 Å². The lowest BCUT2D eigenvalue weighted by Gasteiger charge is -2.24. The van der Waals surface area contributed by atoms with E-state index < -0.39 is 0 Å². The third-order valence-corrected chi connectivity index (χ3v) is 3.53. The molecule has 0 aliphatic heterocycles. The van der Waals surface area contributed by atoms with Crippen LogP contribution in [-0.2, 0) is 11.3 Å². The van der Waals surface area contributed by atoms with Crippen molar-refractivity contribution in [1.82, 2.24) is 10.2 Å². The molecule has 0 spiro atoms. The average molecular weight is 293 g/mol. The normalized spacial score (nSPS) is 11.1. The second-order valence-corrected chi connectivity index (χ2v) is 5.57. The molecule has 120 valence electrons. The molecule has 0 heterocycles. The topological polar surface area (TPSA) is 27.7 Å². The summed E-state index contributed by atoms with van der Waals surface area (Å²) in [5, 5.41) is 3.37. The molecule has 0 bridgehead atoms. The predicted molar refractivity (Wildman–Crippen MR) is 91.1 cm³/mol.